The molecule has 1 aromatic carbocycles. The molecule has 9 heteroatoms. The topological polar surface area (TPSA) is 103 Å². The first-order chi connectivity index (χ1) is 14.7. The van der Waals surface area contributed by atoms with Crippen molar-refractivity contribution in [2.24, 2.45) is 0 Å². The van der Waals surface area contributed by atoms with E-state index in [9.17, 15) is 14.4 Å². The molecule has 0 aliphatic heterocycles. The van der Waals surface area contributed by atoms with E-state index < -0.39 is 17.9 Å². The number of nitrogens with one attached hydrogen (secondary N) is 2. The molecule has 0 bridgehead atoms. The van der Waals surface area contributed by atoms with E-state index in [1.807, 2.05) is 13.8 Å². The van der Waals surface area contributed by atoms with E-state index in [-0.39, 0.29) is 17.9 Å². The van der Waals surface area contributed by atoms with Crippen molar-refractivity contribution >= 4 is 23.4 Å². The van der Waals surface area contributed by atoms with Gasteiger partial charge in [0.25, 0.3) is 11.5 Å². The summed E-state index contributed by atoms with van der Waals surface area (Å²) in [6.45, 7) is 5.42. The number of furan rings is 1. The van der Waals surface area contributed by atoms with E-state index in [0.29, 0.717) is 16.5 Å². The summed E-state index contributed by atoms with van der Waals surface area (Å²) in [5.41, 5.74) is 6.02. The second-order valence-corrected chi connectivity index (χ2v) is 7.44. The van der Waals surface area contributed by atoms with Gasteiger partial charge in [-0.15, -0.1) is 0 Å². The van der Waals surface area contributed by atoms with Crippen LogP contribution in [0.2, 0.25) is 5.02 Å². The highest BCUT2D eigenvalue weighted by Crippen LogP contribution is 2.27. The summed E-state index contributed by atoms with van der Waals surface area (Å²) in [5.74, 6) is -0.187. The summed E-state index contributed by atoms with van der Waals surface area (Å²) in [6.07, 6.45) is 0.757. The van der Waals surface area contributed by atoms with Gasteiger partial charge in [-0.05, 0) is 62.2 Å². The first-order valence-electron chi connectivity index (χ1n) is 9.52. The van der Waals surface area contributed by atoms with Gasteiger partial charge >= 0.3 is 5.91 Å². The Balaban J connectivity index is 1.56. The van der Waals surface area contributed by atoms with E-state index in [2.05, 4.69) is 10.9 Å². The predicted octanol–water partition coefficient (Wildman–Crippen LogP) is 2.99. The van der Waals surface area contributed by atoms with Crippen molar-refractivity contribution in [2.45, 2.75) is 33.4 Å². The number of benzene rings is 1. The Morgan fingerprint density at radius 1 is 1.13 bits per heavy atom. The van der Waals surface area contributed by atoms with Crippen molar-refractivity contribution in [2.75, 3.05) is 0 Å². The minimum atomic E-state index is -0.865. The first-order valence-corrected chi connectivity index (χ1v) is 9.90. The van der Waals surface area contributed by atoms with Crippen LogP contribution in [0, 0.1) is 13.8 Å². The van der Waals surface area contributed by atoms with Gasteiger partial charge in [0.1, 0.15) is 11.5 Å². The summed E-state index contributed by atoms with van der Waals surface area (Å²) in [5, 5.41) is 0.585. The number of hydrogen-bond donors (Lipinski definition) is 2. The first kappa shape index (κ1) is 22.2. The Bertz CT molecular complexity index is 1140. The molecular formula is C22H22ClN3O5. The number of pyridine rings is 1. The summed E-state index contributed by atoms with van der Waals surface area (Å²) in [7, 11) is 0. The number of carbonyl (C=O) groups is 2. The van der Waals surface area contributed by atoms with Crippen molar-refractivity contribution in [3.8, 4) is 5.75 Å². The molecule has 0 saturated carbocycles. The molecule has 0 spiro atoms. The third-order valence-corrected chi connectivity index (χ3v) is 4.72. The second-order valence-electron chi connectivity index (χ2n) is 7.00. The number of carbonyl (C=O) groups excluding carboxylic acids is 2. The number of ether oxygens (including phenoxy) is 1. The van der Waals surface area contributed by atoms with E-state index in [4.69, 9.17) is 20.8 Å². The lowest BCUT2D eigenvalue weighted by Crippen LogP contribution is -2.47. The third-order valence-electron chi connectivity index (χ3n) is 4.50. The van der Waals surface area contributed by atoms with E-state index in [0.717, 1.165) is 11.1 Å². The molecule has 2 N–H and O–H groups in total. The molecule has 0 radical (unpaired) electrons. The largest absolute Gasteiger partial charge is 0.480 e. The quantitative estimate of drug-likeness (QED) is 0.570. The molecule has 3 rings (SSSR count). The maximum atomic E-state index is 12.3. The molecular weight excluding hydrogens is 422 g/mol. The van der Waals surface area contributed by atoms with E-state index >= 15 is 0 Å². The average Bonchev–Trinajstić information content (AvgIpc) is 3.18. The Morgan fingerprint density at radius 2 is 1.84 bits per heavy atom. The number of aryl methyl sites for hydroxylation is 2. The van der Waals surface area contributed by atoms with Gasteiger partial charge in [0, 0.05) is 17.3 Å². The minimum Gasteiger partial charge on any atom is -0.480 e. The maximum absolute atomic E-state index is 12.3. The number of amides is 2. The molecule has 2 aromatic heterocycles. The van der Waals surface area contributed by atoms with Gasteiger partial charge in [-0.25, -0.2) is 0 Å². The molecule has 0 aliphatic rings. The highest BCUT2D eigenvalue weighted by atomic mass is 35.5. The summed E-state index contributed by atoms with van der Waals surface area (Å²) in [6, 6.07) is 11.3. The summed E-state index contributed by atoms with van der Waals surface area (Å²) >= 11 is 6.01. The van der Waals surface area contributed by atoms with Crippen LogP contribution in [-0.2, 0) is 11.3 Å². The molecule has 0 fully saturated rings. The van der Waals surface area contributed by atoms with Crippen LogP contribution in [0.4, 0.5) is 0 Å². The molecule has 31 heavy (non-hydrogen) atoms. The monoisotopic (exact) mass is 443 g/mol. The number of rotatable bonds is 6. The van der Waals surface area contributed by atoms with Crippen molar-refractivity contribution < 1.29 is 18.7 Å². The Labute approximate surface area is 183 Å². The Morgan fingerprint density at radius 3 is 2.52 bits per heavy atom. The van der Waals surface area contributed by atoms with Gasteiger partial charge in [-0.3, -0.25) is 25.2 Å². The van der Waals surface area contributed by atoms with Crippen molar-refractivity contribution in [1.29, 1.82) is 0 Å². The van der Waals surface area contributed by atoms with Gasteiger partial charge in [-0.2, -0.15) is 0 Å². The lowest BCUT2D eigenvalue weighted by Gasteiger charge is -2.18. The average molecular weight is 444 g/mol. The molecule has 3 aromatic rings. The molecule has 2 heterocycles. The fourth-order valence-corrected chi connectivity index (χ4v) is 3.27. The lowest BCUT2D eigenvalue weighted by atomic mass is 10.1. The number of hydrazine groups is 1. The number of nitrogens with zero attached hydrogens (tertiary/aromatic N) is 1. The molecule has 0 aliphatic carbocycles. The van der Waals surface area contributed by atoms with Gasteiger partial charge in [0.2, 0.25) is 0 Å². The molecule has 1 unspecified atom stereocenters. The van der Waals surface area contributed by atoms with Crippen molar-refractivity contribution in [1.82, 2.24) is 15.4 Å². The van der Waals surface area contributed by atoms with Crippen LogP contribution in [0.25, 0.3) is 0 Å². The summed E-state index contributed by atoms with van der Waals surface area (Å²) < 4.78 is 12.6. The lowest BCUT2D eigenvalue weighted by molar-refractivity contribution is -0.128. The molecule has 8 nitrogen and oxygen atoms in total. The highest BCUT2D eigenvalue weighted by Gasteiger charge is 2.19. The van der Waals surface area contributed by atoms with Gasteiger partial charge < -0.3 is 13.7 Å². The van der Waals surface area contributed by atoms with Gasteiger partial charge in [0.15, 0.2) is 11.9 Å². The minimum absolute atomic E-state index is 0.00255. The van der Waals surface area contributed by atoms with Crippen LogP contribution < -0.4 is 21.1 Å². The number of hydrogen-bond acceptors (Lipinski definition) is 5. The fraction of sp³-hybridized carbons (Fsp3) is 0.227. The fourth-order valence-electron chi connectivity index (χ4n) is 2.94. The SMILES string of the molecule is Cc1cc(Cl)cc(C)c1OC(C)C(=O)NNC(=O)c1ccc(Cn2ccccc2=O)o1. The van der Waals surface area contributed by atoms with Crippen molar-refractivity contribution in [3.63, 3.8) is 0 Å². The van der Waals surface area contributed by atoms with Crippen LogP contribution >= 0.6 is 11.6 Å². The Kier molecular flexibility index (Phi) is 6.81. The van der Waals surface area contributed by atoms with Crippen LogP contribution in [0.3, 0.4) is 0 Å². The second kappa shape index (κ2) is 9.53. The third kappa shape index (κ3) is 5.55. The standard InChI is InChI=1S/C22H22ClN3O5/c1-13-10-16(23)11-14(2)20(13)30-15(3)21(28)24-25-22(29)18-8-7-17(31-18)12-26-9-5-4-6-19(26)27/h4-11,15H,12H2,1-3H3,(H,24,28)(H,25,29). The van der Waals surface area contributed by atoms with Gasteiger partial charge in [0.05, 0.1) is 6.54 Å². The van der Waals surface area contributed by atoms with Gasteiger partial charge in [-0.1, -0.05) is 17.7 Å². The zero-order valence-electron chi connectivity index (χ0n) is 17.3. The predicted molar refractivity (Wildman–Crippen MR) is 115 cm³/mol. The Hall–Kier alpha value is -3.52. The highest BCUT2D eigenvalue weighted by molar-refractivity contribution is 6.30. The van der Waals surface area contributed by atoms with Crippen LogP contribution in [0.15, 0.2) is 57.9 Å². The van der Waals surface area contributed by atoms with Crippen LogP contribution in [0.5, 0.6) is 5.75 Å². The molecule has 2 amide bonds. The zero-order valence-corrected chi connectivity index (χ0v) is 18.0. The smallest absolute Gasteiger partial charge is 0.305 e. The zero-order chi connectivity index (χ0) is 22.5. The van der Waals surface area contributed by atoms with Crippen LogP contribution in [-0.4, -0.2) is 22.5 Å². The van der Waals surface area contributed by atoms with E-state index in [1.165, 1.54) is 16.7 Å². The van der Waals surface area contributed by atoms with E-state index in [1.54, 1.807) is 43.5 Å². The maximum Gasteiger partial charge on any atom is 0.305 e. The number of halogens is 1. The molecule has 162 valence electrons. The molecule has 1 atom stereocenters. The normalized spacial score (nSPS) is 11.6. The van der Waals surface area contributed by atoms with Crippen molar-refractivity contribution in [3.05, 3.63) is 86.7 Å². The van der Waals surface area contributed by atoms with Crippen LogP contribution in [0.1, 0.15) is 34.4 Å². The summed E-state index contributed by atoms with van der Waals surface area (Å²) in [4.78, 5) is 36.3. The molecule has 0 saturated heterocycles. The number of aromatic nitrogens is 1.